The Labute approximate surface area is 178 Å². The number of carbonyl (C=O) groups excluding carboxylic acids is 2. The van der Waals surface area contributed by atoms with Gasteiger partial charge in [0.2, 0.25) is 5.91 Å². The van der Waals surface area contributed by atoms with Crippen molar-refractivity contribution in [3.05, 3.63) is 41.1 Å². The van der Waals surface area contributed by atoms with Crippen molar-refractivity contribution in [3.63, 3.8) is 0 Å². The smallest absolute Gasteiger partial charge is 0.338 e. The Morgan fingerprint density at radius 2 is 1.83 bits per heavy atom. The van der Waals surface area contributed by atoms with E-state index in [1.165, 1.54) is 0 Å². The molecule has 0 fully saturated rings. The molecule has 1 heterocycles. The van der Waals surface area contributed by atoms with Gasteiger partial charge in [0, 0.05) is 24.9 Å². The van der Waals surface area contributed by atoms with E-state index >= 15 is 0 Å². The van der Waals surface area contributed by atoms with Crippen LogP contribution in [0.15, 0.2) is 35.5 Å². The summed E-state index contributed by atoms with van der Waals surface area (Å²) in [6.45, 7) is 11.6. The molecule has 0 spiro atoms. The molecule has 0 radical (unpaired) electrons. The third-order valence-corrected chi connectivity index (χ3v) is 4.93. The average molecular weight is 418 g/mol. The lowest BCUT2D eigenvalue weighted by Gasteiger charge is -2.35. The molecule has 29 heavy (non-hydrogen) atoms. The van der Waals surface area contributed by atoms with Gasteiger partial charge in [-0.3, -0.25) is 4.79 Å². The number of nitrogens with zero attached hydrogens (tertiary/aromatic N) is 1. The first-order valence-corrected chi connectivity index (χ1v) is 10.2. The zero-order valence-corrected chi connectivity index (χ0v) is 19.1. The van der Waals surface area contributed by atoms with Crippen LogP contribution < -0.4 is 10.6 Å². The summed E-state index contributed by atoms with van der Waals surface area (Å²) in [6, 6.07) is 7.02. The number of carbonyl (C=O) groups is 2. The number of benzene rings is 1. The molecule has 0 aromatic heterocycles. The van der Waals surface area contributed by atoms with E-state index in [9.17, 15) is 9.59 Å². The Hall–Kier alpha value is -2.41. The van der Waals surface area contributed by atoms with Gasteiger partial charge in [-0.2, -0.15) is 0 Å². The van der Waals surface area contributed by atoms with Crippen molar-refractivity contribution >= 4 is 34.9 Å². The fourth-order valence-electron chi connectivity index (χ4n) is 3.07. The number of allylic oxidation sites excluding steroid dienone is 1. The average Bonchev–Trinajstić information content (AvgIpc) is 2.57. The maximum atomic E-state index is 12.8. The van der Waals surface area contributed by atoms with Crippen LogP contribution >= 0.6 is 12.2 Å². The maximum absolute atomic E-state index is 12.8. The number of ether oxygens (including phenoxy) is 1. The summed E-state index contributed by atoms with van der Waals surface area (Å²) in [5.41, 5.74) is 2.78. The Kier molecular flexibility index (Phi) is 7.06. The summed E-state index contributed by atoms with van der Waals surface area (Å²) in [7, 11) is 1.82. The standard InChI is InChI=1S/C22H31N3O3S/c1-13(2)28-20(27)18-14(3)25(7)21(29)24-19(18)15-8-10-16(11-9-15)23-17(26)12-22(4,5)6/h8-11,13,19H,12H2,1-7H3,(H,23,26)(H,24,29). The van der Waals surface area contributed by atoms with E-state index in [1.807, 2.05) is 72.9 Å². The number of esters is 1. The molecule has 1 aromatic rings. The lowest BCUT2D eigenvalue weighted by molar-refractivity contribution is -0.143. The van der Waals surface area contributed by atoms with Gasteiger partial charge < -0.3 is 20.3 Å². The third kappa shape index (κ3) is 6.03. The van der Waals surface area contributed by atoms with Crippen LogP contribution in [0.2, 0.25) is 0 Å². The maximum Gasteiger partial charge on any atom is 0.338 e. The Bertz CT molecular complexity index is 823. The van der Waals surface area contributed by atoms with Crippen LogP contribution in [-0.4, -0.2) is 35.0 Å². The van der Waals surface area contributed by atoms with E-state index in [0.717, 1.165) is 11.3 Å². The van der Waals surface area contributed by atoms with Gasteiger partial charge >= 0.3 is 5.97 Å². The lowest BCUT2D eigenvalue weighted by atomic mass is 9.92. The van der Waals surface area contributed by atoms with Crippen LogP contribution in [-0.2, 0) is 14.3 Å². The molecule has 2 N–H and O–H groups in total. The molecular weight excluding hydrogens is 386 g/mol. The number of rotatable bonds is 5. The highest BCUT2D eigenvalue weighted by atomic mass is 32.1. The minimum Gasteiger partial charge on any atom is -0.459 e. The Morgan fingerprint density at radius 1 is 1.24 bits per heavy atom. The topological polar surface area (TPSA) is 70.7 Å². The molecule has 1 aromatic carbocycles. The molecule has 6 nitrogen and oxygen atoms in total. The minimum absolute atomic E-state index is 0.0271. The summed E-state index contributed by atoms with van der Waals surface area (Å²) < 4.78 is 5.45. The van der Waals surface area contributed by atoms with Crippen molar-refractivity contribution in [1.29, 1.82) is 0 Å². The van der Waals surface area contributed by atoms with Crippen LogP contribution in [0.5, 0.6) is 0 Å². The summed E-state index contributed by atoms with van der Waals surface area (Å²) in [5, 5.41) is 6.67. The number of hydrogen-bond acceptors (Lipinski definition) is 4. The molecule has 1 atom stereocenters. The van der Waals surface area contributed by atoms with Gasteiger partial charge in [0.1, 0.15) is 0 Å². The summed E-state index contributed by atoms with van der Waals surface area (Å²) in [5.74, 6) is -0.396. The second kappa shape index (κ2) is 8.95. The molecule has 0 bridgehead atoms. The molecule has 0 aliphatic carbocycles. The highest BCUT2D eigenvalue weighted by molar-refractivity contribution is 7.80. The van der Waals surface area contributed by atoms with E-state index in [2.05, 4.69) is 10.6 Å². The van der Waals surface area contributed by atoms with Crippen molar-refractivity contribution in [3.8, 4) is 0 Å². The van der Waals surface area contributed by atoms with E-state index < -0.39 is 6.04 Å². The second-order valence-corrected chi connectivity index (χ2v) is 9.19. The monoisotopic (exact) mass is 417 g/mol. The number of hydrogen-bond donors (Lipinski definition) is 2. The van der Waals surface area contributed by atoms with Crippen LogP contribution in [0.25, 0.3) is 0 Å². The molecule has 1 unspecified atom stereocenters. The van der Waals surface area contributed by atoms with Crippen molar-refractivity contribution in [2.45, 2.75) is 60.1 Å². The van der Waals surface area contributed by atoms with E-state index in [4.69, 9.17) is 17.0 Å². The molecule has 7 heteroatoms. The highest BCUT2D eigenvalue weighted by Crippen LogP contribution is 2.31. The predicted octanol–water partition coefficient (Wildman–Crippen LogP) is 4.15. The Balaban J connectivity index is 2.27. The van der Waals surface area contributed by atoms with Gasteiger partial charge in [-0.15, -0.1) is 0 Å². The SMILES string of the molecule is CC1=C(C(=O)OC(C)C)C(c2ccc(NC(=O)CC(C)(C)C)cc2)NC(=S)N1C. The molecule has 0 saturated heterocycles. The van der Waals surface area contributed by atoms with Gasteiger partial charge in [-0.1, -0.05) is 32.9 Å². The fraction of sp³-hybridized carbons (Fsp3) is 0.500. The van der Waals surface area contributed by atoms with Gasteiger partial charge in [0.15, 0.2) is 5.11 Å². The molecule has 2 rings (SSSR count). The van der Waals surface area contributed by atoms with Crippen LogP contribution in [0.4, 0.5) is 5.69 Å². The number of nitrogens with one attached hydrogen (secondary N) is 2. The van der Waals surface area contributed by atoms with E-state index in [0.29, 0.717) is 22.8 Å². The summed E-state index contributed by atoms with van der Waals surface area (Å²) >= 11 is 5.41. The predicted molar refractivity (Wildman–Crippen MR) is 119 cm³/mol. The molecule has 1 amide bonds. The molecule has 1 aliphatic heterocycles. The largest absolute Gasteiger partial charge is 0.459 e. The third-order valence-electron chi connectivity index (χ3n) is 4.54. The van der Waals surface area contributed by atoms with Crippen LogP contribution in [0.3, 0.4) is 0 Å². The zero-order valence-electron chi connectivity index (χ0n) is 18.3. The fourth-order valence-corrected chi connectivity index (χ4v) is 3.33. The molecule has 158 valence electrons. The minimum atomic E-state index is -0.413. The van der Waals surface area contributed by atoms with E-state index in [-0.39, 0.29) is 23.4 Å². The van der Waals surface area contributed by atoms with Crippen LogP contribution in [0, 0.1) is 5.41 Å². The number of amides is 1. The zero-order chi connectivity index (χ0) is 21.9. The van der Waals surface area contributed by atoms with Crippen molar-refractivity contribution in [2.24, 2.45) is 5.41 Å². The second-order valence-electron chi connectivity index (χ2n) is 8.80. The Morgan fingerprint density at radius 3 is 2.34 bits per heavy atom. The normalized spacial score (nSPS) is 17.3. The van der Waals surface area contributed by atoms with Gasteiger partial charge in [-0.05, 0) is 56.1 Å². The molecule has 1 aliphatic rings. The van der Waals surface area contributed by atoms with Crippen molar-refractivity contribution < 1.29 is 14.3 Å². The first kappa shape index (κ1) is 22.9. The van der Waals surface area contributed by atoms with Crippen LogP contribution in [0.1, 0.15) is 59.6 Å². The van der Waals surface area contributed by atoms with Gasteiger partial charge in [0.05, 0.1) is 17.7 Å². The summed E-state index contributed by atoms with van der Waals surface area (Å²) in [6.07, 6.45) is 0.218. The summed E-state index contributed by atoms with van der Waals surface area (Å²) in [4.78, 5) is 26.7. The number of anilines is 1. The highest BCUT2D eigenvalue weighted by Gasteiger charge is 2.33. The van der Waals surface area contributed by atoms with Gasteiger partial charge in [0.25, 0.3) is 0 Å². The lowest BCUT2D eigenvalue weighted by Crippen LogP contribution is -2.46. The number of thiocarbonyl (C=S) groups is 1. The van der Waals surface area contributed by atoms with Crippen molar-refractivity contribution in [2.75, 3.05) is 12.4 Å². The first-order chi connectivity index (χ1) is 13.4. The quantitative estimate of drug-likeness (QED) is 0.554. The van der Waals surface area contributed by atoms with Crippen molar-refractivity contribution in [1.82, 2.24) is 10.2 Å². The van der Waals surface area contributed by atoms with E-state index in [1.54, 1.807) is 4.90 Å². The van der Waals surface area contributed by atoms with Gasteiger partial charge in [-0.25, -0.2) is 4.79 Å². The first-order valence-electron chi connectivity index (χ1n) is 9.75. The molecular formula is C22H31N3O3S. The molecule has 0 saturated carbocycles.